The van der Waals surface area contributed by atoms with Gasteiger partial charge in [-0.15, -0.1) is 12.4 Å². The maximum absolute atomic E-state index is 12.8. The number of carbonyl (C=O) groups excluding carboxylic acids is 2. The number of aromatic nitrogens is 2. The zero-order valence-electron chi connectivity index (χ0n) is 17.1. The van der Waals surface area contributed by atoms with E-state index in [0.29, 0.717) is 43.2 Å². The van der Waals surface area contributed by atoms with Crippen molar-refractivity contribution >= 4 is 29.9 Å². The van der Waals surface area contributed by atoms with Crippen LogP contribution in [0.15, 0.2) is 30.5 Å². The van der Waals surface area contributed by atoms with Gasteiger partial charge in [0.2, 0.25) is 0 Å². The number of amides is 2. The molecule has 1 unspecified atom stereocenters. The van der Waals surface area contributed by atoms with Crippen molar-refractivity contribution in [2.75, 3.05) is 44.7 Å². The fourth-order valence-electron chi connectivity index (χ4n) is 3.85. The van der Waals surface area contributed by atoms with Crippen LogP contribution in [-0.4, -0.2) is 65.9 Å². The first-order valence-electron chi connectivity index (χ1n) is 10.2. The zero-order valence-corrected chi connectivity index (χ0v) is 17.9. The van der Waals surface area contributed by atoms with Gasteiger partial charge in [-0.1, -0.05) is 6.07 Å². The average molecular weight is 434 g/mol. The molecular weight excluding hydrogens is 406 g/mol. The monoisotopic (exact) mass is 433 g/mol. The molecule has 0 bridgehead atoms. The van der Waals surface area contributed by atoms with Crippen LogP contribution in [0.4, 0.5) is 5.69 Å². The Morgan fingerprint density at radius 2 is 2.03 bits per heavy atom. The van der Waals surface area contributed by atoms with Crippen LogP contribution in [-0.2, 0) is 4.74 Å². The van der Waals surface area contributed by atoms with Crippen LogP contribution in [0.2, 0.25) is 0 Å². The van der Waals surface area contributed by atoms with E-state index in [1.54, 1.807) is 23.1 Å². The smallest absolute Gasteiger partial charge is 0.276 e. The molecule has 8 nitrogen and oxygen atoms in total. The molecule has 9 heteroatoms. The van der Waals surface area contributed by atoms with Crippen molar-refractivity contribution in [3.05, 3.63) is 47.3 Å². The minimum atomic E-state index is -0.272. The molecule has 2 aromatic rings. The van der Waals surface area contributed by atoms with E-state index in [1.165, 1.54) is 0 Å². The molecule has 2 fully saturated rings. The lowest BCUT2D eigenvalue weighted by molar-refractivity contribution is 0.0302. The number of nitrogens with zero attached hydrogens (tertiary/aromatic N) is 3. The molecule has 162 valence electrons. The third kappa shape index (κ3) is 4.83. The number of morpholine rings is 1. The molecule has 0 saturated carbocycles. The molecule has 0 aliphatic carbocycles. The second kappa shape index (κ2) is 10.1. The molecule has 2 N–H and O–H groups in total. The highest BCUT2D eigenvalue weighted by Crippen LogP contribution is 2.22. The Kier molecular flexibility index (Phi) is 7.47. The van der Waals surface area contributed by atoms with Crippen LogP contribution in [0.25, 0.3) is 0 Å². The normalized spacial score (nSPS) is 19.1. The Morgan fingerprint density at radius 1 is 1.23 bits per heavy atom. The fourth-order valence-corrected chi connectivity index (χ4v) is 3.85. The number of ether oxygens (including phenoxy) is 1. The molecular formula is C21H28ClN5O3. The predicted octanol–water partition coefficient (Wildman–Crippen LogP) is 2.26. The highest BCUT2D eigenvalue weighted by atomic mass is 35.5. The van der Waals surface area contributed by atoms with E-state index >= 15 is 0 Å². The Hall–Kier alpha value is -2.42. The Morgan fingerprint density at radius 3 is 2.77 bits per heavy atom. The minimum Gasteiger partial charge on any atom is -0.378 e. The van der Waals surface area contributed by atoms with Crippen LogP contribution < -0.4 is 10.6 Å². The number of carbonyl (C=O) groups is 2. The summed E-state index contributed by atoms with van der Waals surface area (Å²) in [5.41, 5.74) is 2.36. The SMILES string of the molecule is Cc1c(NC(=O)c2ccn(C3CCCNC3)n2)cccc1C(=O)N1CCOCC1.Cl. The topological polar surface area (TPSA) is 88.5 Å². The molecule has 0 spiro atoms. The van der Waals surface area contributed by atoms with Crippen LogP contribution in [0.3, 0.4) is 0 Å². The molecule has 30 heavy (non-hydrogen) atoms. The van der Waals surface area contributed by atoms with Gasteiger partial charge in [-0.2, -0.15) is 5.10 Å². The Bertz CT molecular complexity index is 889. The van der Waals surface area contributed by atoms with Gasteiger partial charge in [0, 0.05) is 37.1 Å². The van der Waals surface area contributed by atoms with Gasteiger partial charge in [-0.3, -0.25) is 14.3 Å². The maximum atomic E-state index is 12.8. The van der Waals surface area contributed by atoms with Gasteiger partial charge in [0.1, 0.15) is 0 Å². The van der Waals surface area contributed by atoms with Crippen LogP contribution in [0, 0.1) is 6.92 Å². The number of rotatable bonds is 4. The molecule has 1 aromatic heterocycles. The van der Waals surface area contributed by atoms with Crippen molar-refractivity contribution in [2.45, 2.75) is 25.8 Å². The Balaban J connectivity index is 0.00000256. The highest BCUT2D eigenvalue weighted by molar-refractivity contribution is 6.05. The number of anilines is 1. The van der Waals surface area contributed by atoms with E-state index < -0.39 is 0 Å². The van der Waals surface area contributed by atoms with E-state index in [4.69, 9.17) is 4.74 Å². The van der Waals surface area contributed by atoms with Crippen molar-refractivity contribution < 1.29 is 14.3 Å². The standard InChI is InChI=1S/C21H27N5O3.ClH/c1-15-17(21(28)25-10-12-29-13-11-25)5-2-6-18(15)23-20(27)19-7-9-26(24-19)16-4-3-8-22-14-16;/h2,5-7,9,16,22H,3-4,8,10-14H2,1H3,(H,23,27);1H. The summed E-state index contributed by atoms with van der Waals surface area (Å²) in [5.74, 6) is -0.303. The van der Waals surface area contributed by atoms with Crippen molar-refractivity contribution in [3.8, 4) is 0 Å². The van der Waals surface area contributed by atoms with E-state index in [1.807, 2.05) is 23.9 Å². The van der Waals surface area contributed by atoms with Crippen molar-refractivity contribution in [1.82, 2.24) is 20.0 Å². The predicted molar refractivity (Wildman–Crippen MR) is 116 cm³/mol. The Labute approximate surface area is 182 Å². The van der Waals surface area contributed by atoms with E-state index in [9.17, 15) is 9.59 Å². The number of benzene rings is 1. The lowest BCUT2D eigenvalue weighted by Crippen LogP contribution is -2.41. The third-order valence-electron chi connectivity index (χ3n) is 5.60. The van der Waals surface area contributed by atoms with Crippen molar-refractivity contribution in [1.29, 1.82) is 0 Å². The van der Waals surface area contributed by atoms with Gasteiger partial charge in [-0.25, -0.2) is 0 Å². The number of nitrogens with one attached hydrogen (secondary N) is 2. The van der Waals surface area contributed by atoms with Gasteiger partial charge >= 0.3 is 0 Å². The molecule has 2 aliphatic heterocycles. The number of hydrogen-bond acceptors (Lipinski definition) is 5. The third-order valence-corrected chi connectivity index (χ3v) is 5.60. The van der Waals surface area contributed by atoms with Gasteiger partial charge < -0.3 is 20.3 Å². The summed E-state index contributed by atoms with van der Waals surface area (Å²) in [5, 5.41) is 10.7. The minimum absolute atomic E-state index is 0. The summed E-state index contributed by atoms with van der Waals surface area (Å²) in [6.45, 7) is 6.04. The quantitative estimate of drug-likeness (QED) is 0.772. The second-order valence-electron chi connectivity index (χ2n) is 7.52. The van der Waals surface area contributed by atoms with Gasteiger partial charge in [0.15, 0.2) is 5.69 Å². The van der Waals surface area contributed by atoms with Crippen LogP contribution >= 0.6 is 12.4 Å². The van der Waals surface area contributed by atoms with E-state index in [0.717, 1.165) is 31.5 Å². The van der Waals surface area contributed by atoms with Gasteiger partial charge in [0.05, 0.1) is 19.3 Å². The van der Waals surface area contributed by atoms with Gasteiger partial charge in [0.25, 0.3) is 11.8 Å². The molecule has 4 rings (SSSR count). The van der Waals surface area contributed by atoms with Crippen molar-refractivity contribution in [2.24, 2.45) is 0 Å². The summed E-state index contributed by atoms with van der Waals surface area (Å²) in [6, 6.07) is 7.42. The first-order chi connectivity index (χ1) is 14.1. The lowest BCUT2D eigenvalue weighted by atomic mass is 10.0. The number of hydrogen-bond donors (Lipinski definition) is 2. The lowest BCUT2D eigenvalue weighted by Gasteiger charge is -2.27. The molecule has 2 saturated heterocycles. The molecule has 0 radical (unpaired) electrons. The molecule has 1 atom stereocenters. The van der Waals surface area contributed by atoms with Crippen LogP contribution in [0.5, 0.6) is 0 Å². The first kappa shape index (κ1) is 22.3. The van der Waals surface area contributed by atoms with E-state index in [-0.39, 0.29) is 30.3 Å². The van der Waals surface area contributed by atoms with E-state index in [2.05, 4.69) is 15.7 Å². The summed E-state index contributed by atoms with van der Waals surface area (Å²) in [7, 11) is 0. The summed E-state index contributed by atoms with van der Waals surface area (Å²) >= 11 is 0. The second-order valence-corrected chi connectivity index (χ2v) is 7.52. The maximum Gasteiger partial charge on any atom is 0.276 e. The largest absolute Gasteiger partial charge is 0.378 e. The highest BCUT2D eigenvalue weighted by Gasteiger charge is 2.22. The summed E-state index contributed by atoms with van der Waals surface area (Å²) < 4.78 is 7.19. The van der Waals surface area contributed by atoms with Crippen LogP contribution in [0.1, 0.15) is 45.3 Å². The molecule has 2 aliphatic rings. The van der Waals surface area contributed by atoms with Gasteiger partial charge in [-0.05, 0) is 50.1 Å². The molecule has 2 amide bonds. The summed E-state index contributed by atoms with van der Waals surface area (Å²) in [6.07, 6.45) is 4.02. The molecule has 3 heterocycles. The van der Waals surface area contributed by atoms with Crippen molar-refractivity contribution in [3.63, 3.8) is 0 Å². The zero-order chi connectivity index (χ0) is 20.2. The fraction of sp³-hybridized carbons (Fsp3) is 0.476. The number of piperidine rings is 1. The average Bonchev–Trinajstić information content (AvgIpc) is 3.26. The number of halogens is 1. The summed E-state index contributed by atoms with van der Waals surface area (Å²) in [4.78, 5) is 27.4. The molecule has 1 aromatic carbocycles. The first-order valence-corrected chi connectivity index (χ1v) is 10.2.